The zero-order chi connectivity index (χ0) is 15.7. The average Bonchev–Trinajstić information content (AvgIpc) is 3.30. The molecule has 0 bridgehead atoms. The molecule has 0 saturated heterocycles. The van der Waals surface area contributed by atoms with E-state index in [-0.39, 0.29) is 18.2 Å². The van der Waals surface area contributed by atoms with Crippen LogP contribution in [0.2, 0.25) is 0 Å². The number of hydrogen-bond donors (Lipinski definition) is 2. The van der Waals surface area contributed by atoms with Crippen molar-refractivity contribution in [2.24, 2.45) is 5.92 Å². The van der Waals surface area contributed by atoms with Gasteiger partial charge in [-0.05, 0) is 36.5 Å². The summed E-state index contributed by atoms with van der Waals surface area (Å²) in [6.07, 6.45) is 1.80. The Bertz CT molecular complexity index is 614. The van der Waals surface area contributed by atoms with E-state index in [0.29, 0.717) is 24.7 Å². The molecule has 1 aromatic rings. The summed E-state index contributed by atoms with van der Waals surface area (Å²) < 4.78 is 11.7. The van der Waals surface area contributed by atoms with E-state index in [1.165, 1.54) is 0 Å². The first-order chi connectivity index (χ1) is 10.5. The van der Waals surface area contributed by atoms with E-state index < -0.39 is 12.0 Å². The third-order valence-corrected chi connectivity index (χ3v) is 4.48. The van der Waals surface area contributed by atoms with Crippen molar-refractivity contribution in [3.8, 4) is 11.5 Å². The number of fused-ring (bicyclic) bond motifs is 1. The Morgan fingerprint density at radius 3 is 2.50 bits per heavy atom. The van der Waals surface area contributed by atoms with Crippen LogP contribution in [0.1, 0.15) is 18.4 Å². The van der Waals surface area contributed by atoms with Gasteiger partial charge in [-0.1, -0.05) is 15.9 Å². The third-order valence-electron chi connectivity index (χ3n) is 3.74. The first-order valence-electron chi connectivity index (χ1n) is 7.15. The van der Waals surface area contributed by atoms with Gasteiger partial charge in [0.1, 0.15) is 19.3 Å². The van der Waals surface area contributed by atoms with Crippen LogP contribution in [0, 0.1) is 5.92 Å². The molecule has 1 heterocycles. The quantitative estimate of drug-likeness (QED) is 0.825. The van der Waals surface area contributed by atoms with Gasteiger partial charge in [0, 0.05) is 4.47 Å². The van der Waals surface area contributed by atoms with Crippen molar-refractivity contribution in [2.45, 2.75) is 25.3 Å². The molecule has 22 heavy (non-hydrogen) atoms. The van der Waals surface area contributed by atoms with Crippen LogP contribution in [-0.4, -0.2) is 36.2 Å². The molecule has 7 heteroatoms. The highest BCUT2D eigenvalue weighted by atomic mass is 79.9. The van der Waals surface area contributed by atoms with E-state index in [4.69, 9.17) is 14.6 Å². The second kappa shape index (κ2) is 6.16. The largest absolute Gasteiger partial charge is 0.486 e. The van der Waals surface area contributed by atoms with Gasteiger partial charge in [-0.25, -0.2) is 4.79 Å². The number of ether oxygens (including phenoxy) is 2. The molecule has 1 unspecified atom stereocenters. The van der Waals surface area contributed by atoms with Crippen molar-refractivity contribution in [1.29, 1.82) is 0 Å². The molecule has 1 saturated carbocycles. The normalized spacial score (nSPS) is 17.7. The van der Waals surface area contributed by atoms with Gasteiger partial charge < -0.3 is 19.9 Å². The molecule has 1 amide bonds. The van der Waals surface area contributed by atoms with Crippen LogP contribution < -0.4 is 14.8 Å². The maximum atomic E-state index is 12.1. The number of aliphatic carboxylic acids is 1. The summed E-state index contributed by atoms with van der Waals surface area (Å²) in [6, 6.07) is 2.74. The Labute approximate surface area is 135 Å². The Hall–Kier alpha value is -1.76. The van der Waals surface area contributed by atoms with Crippen LogP contribution in [0.5, 0.6) is 11.5 Å². The van der Waals surface area contributed by atoms with E-state index in [0.717, 1.165) is 22.9 Å². The number of rotatable bonds is 5. The van der Waals surface area contributed by atoms with E-state index in [1.807, 2.05) is 0 Å². The number of halogens is 1. The highest BCUT2D eigenvalue weighted by Crippen LogP contribution is 2.36. The summed E-state index contributed by atoms with van der Waals surface area (Å²) in [5.41, 5.74) is 0.738. The molecule has 1 atom stereocenters. The highest BCUT2D eigenvalue weighted by molar-refractivity contribution is 9.10. The van der Waals surface area contributed by atoms with Crippen molar-refractivity contribution >= 4 is 27.8 Å². The number of nitrogens with one attached hydrogen (secondary N) is 1. The number of hydrogen-bond acceptors (Lipinski definition) is 4. The number of carbonyl (C=O) groups is 2. The summed E-state index contributed by atoms with van der Waals surface area (Å²) in [5, 5.41) is 11.8. The smallest absolute Gasteiger partial charge is 0.326 e. The lowest BCUT2D eigenvalue weighted by Gasteiger charge is -2.20. The second-order valence-corrected chi connectivity index (χ2v) is 6.34. The lowest BCUT2D eigenvalue weighted by atomic mass is 10.1. The SMILES string of the molecule is O=C(Cc1cc2c(cc1Br)OCCO2)NC(C(=O)O)C1CC1. The molecule has 3 rings (SSSR count). The van der Waals surface area contributed by atoms with Gasteiger partial charge in [-0.15, -0.1) is 0 Å². The molecule has 2 aliphatic rings. The summed E-state index contributed by atoms with van der Waals surface area (Å²) in [7, 11) is 0. The number of carboxylic acid groups (broad SMARTS) is 1. The monoisotopic (exact) mass is 369 g/mol. The van der Waals surface area contributed by atoms with Crippen LogP contribution in [0.4, 0.5) is 0 Å². The van der Waals surface area contributed by atoms with Crippen LogP contribution in [0.3, 0.4) is 0 Å². The van der Waals surface area contributed by atoms with Crippen LogP contribution in [0.25, 0.3) is 0 Å². The molecule has 0 radical (unpaired) electrons. The lowest BCUT2D eigenvalue weighted by Crippen LogP contribution is -2.43. The standard InChI is InChI=1S/C15H16BrNO5/c16-10-7-12-11(21-3-4-22-12)5-9(10)6-13(18)17-14(15(19)20)8-1-2-8/h5,7-8,14H,1-4,6H2,(H,17,18)(H,19,20). The van der Waals surface area contributed by atoms with Gasteiger partial charge in [-0.2, -0.15) is 0 Å². The molecular weight excluding hydrogens is 354 g/mol. The van der Waals surface area contributed by atoms with Crippen molar-refractivity contribution in [3.63, 3.8) is 0 Å². The van der Waals surface area contributed by atoms with Crippen molar-refractivity contribution in [1.82, 2.24) is 5.32 Å². The van der Waals surface area contributed by atoms with Gasteiger partial charge in [0.2, 0.25) is 5.91 Å². The average molecular weight is 370 g/mol. The predicted octanol–water partition coefficient (Wildman–Crippen LogP) is 1.74. The Kier molecular flexibility index (Phi) is 4.24. The molecule has 2 N–H and O–H groups in total. The fourth-order valence-electron chi connectivity index (χ4n) is 2.45. The Balaban J connectivity index is 1.69. The van der Waals surface area contributed by atoms with Gasteiger partial charge in [0.05, 0.1) is 6.42 Å². The first kappa shape index (κ1) is 15.1. The lowest BCUT2D eigenvalue weighted by molar-refractivity contribution is -0.142. The topological polar surface area (TPSA) is 84.9 Å². The Morgan fingerprint density at radius 1 is 1.27 bits per heavy atom. The maximum Gasteiger partial charge on any atom is 0.326 e. The molecule has 1 aliphatic carbocycles. The minimum atomic E-state index is -0.975. The summed E-state index contributed by atoms with van der Waals surface area (Å²) in [5.74, 6) is 0.0248. The van der Waals surface area contributed by atoms with E-state index in [1.54, 1.807) is 12.1 Å². The molecule has 6 nitrogen and oxygen atoms in total. The zero-order valence-electron chi connectivity index (χ0n) is 11.8. The minimum absolute atomic E-state index is 0.0603. The van der Waals surface area contributed by atoms with Gasteiger partial charge in [0.25, 0.3) is 0 Å². The zero-order valence-corrected chi connectivity index (χ0v) is 13.4. The first-order valence-corrected chi connectivity index (χ1v) is 7.94. The summed E-state index contributed by atoms with van der Waals surface area (Å²) >= 11 is 3.41. The molecule has 0 aromatic heterocycles. The Morgan fingerprint density at radius 2 is 1.91 bits per heavy atom. The highest BCUT2D eigenvalue weighted by Gasteiger charge is 2.37. The van der Waals surface area contributed by atoms with E-state index in [2.05, 4.69) is 21.2 Å². The molecular formula is C15H16BrNO5. The van der Waals surface area contributed by atoms with Crippen LogP contribution in [0.15, 0.2) is 16.6 Å². The maximum absolute atomic E-state index is 12.1. The van der Waals surface area contributed by atoms with Crippen LogP contribution in [-0.2, 0) is 16.0 Å². The van der Waals surface area contributed by atoms with Crippen molar-refractivity contribution in [2.75, 3.05) is 13.2 Å². The van der Waals surface area contributed by atoms with Gasteiger partial charge in [-0.3, -0.25) is 4.79 Å². The molecule has 1 fully saturated rings. The number of benzene rings is 1. The van der Waals surface area contributed by atoms with E-state index in [9.17, 15) is 9.59 Å². The molecule has 118 valence electrons. The molecule has 0 spiro atoms. The summed E-state index contributed by atoms with van der Waals surface area (Å²) in [4.78, 5) is 23.3. The fraction of sp³-hybridized carbons (Fsp3) is 0.467. The number of carboxylic acids is 1. The second-order valence-electron chi connectivity index (χ2n) is 5.48. The van der Waals surface area contributed by atoms with Crippen LogP contribution >= 0.6 is 15.9 Å². The van der Waals surface area contributed by atoms with Gasteiger partial charge in [0.15, 0.2) is 11.5 Å². The third kappa shape index (κ3) is 3.35. The van der Waals surface area contributed by atoms with Crippen molar-refractivity contribution < 1.29 is 24.2 Å². The number of carbonyl (C=O) groups excluding carboxylic acids is 1. The minimum Gasteiger partial charge on any atom is -0.486 e. The molecule has 1 aliphatic heterocycles. The predicted molar refractivity (Wildman–Crippen MR) is 81.1 cm³/mol. The molecule has 1 aromatic carbocycles. The summed E-state index contributed by atoms with van der Waals surface area (Å²) in [6.45, 7) is 0.976. The fourth-order valence-corrected chi connectivity index (χ4v) is 2.91. The van der Waals surface area contributed by atoms with Crippen molar-refractivity contribution in [3.05, 3.63) is 22.2 Å². The van der Waals surface area contributed by atoms with Gasteiger partial charge >= 0.3 is 5.97 Å². The van der Waals surface area contributed by atoms with E-state index >= 15 is 0 Å². The number of amides is 1.